The molecule has 2 N–H and O–H groups in total. The van der Waals surface area contributed by atoms with Crippen LogP contribution in [0.5, 0.6) is 0 Å². The number of aromatic nitrogens is 2. The molecule has 168 valence electrons. The number of nitrogens with zero attached hydrogens (tertiary/aromatic N) is 2. The lowest BCUT2D eigenvalue weighted by molar-refractivity contribution is -0.120. The van der Waals surface area contributed by atoms with Crippen molar-refractivity contribution in [3.8, 4) is 0 Å². The summed E-state index contributed by atoms with van der Waals surface area (Å²) in [5, 5.41) is 2.84. The molecular weight excluding hydrogens is 446 g/mol. The van der Waals surface area contributed by atoms with Crippen molar-refractivity contribution in [1.29, 1.82) is 0 Å². The van der Waals surface area contributed by atoms with Gasteiger partial charge in [-0.2, -0.15) is 0 Å². The first-order valence-electron chi connectivity index (χ1n) is 10.4. The molecule has 0 bridgehead atoms. The first kappa shape index (κ1) is 22.4. The van der Waals surface area contributed by atoms with E-state index in [1.807, 2.05) is 4.57 Å². The third kappa shape index (κ3) is 5.00. The summed E-state index contributed by atoms with van der Waals surface area (Å²) in [6.07, 6.45) is 1.41. The number of hydrogen-bond acceptors (Lipinski definition) is 4. The van der Waals surface area contributed by atoms with E-state index in [9.17, 15) is 13.6 Å². The molecule has 4 rings (SSSR count). The summed E-state index contributed by atoms with van der Waals surface area (Å²) in [4.78, 5) is 17.8. The predicted octanol–water partition coefficient (Wildman–Crippen LogP) is 3.20. The summed E-state index contributed by atoms with van der Waals surface area (Å²) in [5.41, 5.74) is 1.49. The first-order valence-corrected chi connectivity index (χ1v) is 11.2. The summed E-state index contributed by atoms with van der Waals surface area (Å²) in [5.74, 6) is -1.87. The molecule has 0 radical (unpaired) electrons. The van der Waals surface area contributed by atoms with Gasteiger partial charge in [0.1, 0.15) is 11.6 Å². The van der Waals surface area contributed by atoms with Crippen molar-refractivity contribution < 1.29 is 18.3 Å². The summed E-state index contributed by atoms with van der Waals surface area (Å²) in [6, 6.07) is 2.40. The molecule has 2 aliphatic rings. The smallest absolute Gasteiger partial charge is 0.226 e. The van der Waals surface area contributed by atoms with E-state index in [4.69, 9.17) is 28.6 Å². The Hall–Kier alpha value is -1.81. The monoisotopic (exact) mass is 470 g/mol. The second kappa shape index (κ2) is 9.77. The zero-order valence-electron chi connectivity index (χ0n) is 17.1. The Kier molecular flexibility index (Phi) is 7.05. The molecule has 1 unspecified atom stereocenters. The van der Waals surface area contributed by atoms with E-state index >= 15 is 0 Å². The molecule has 0 aliphatic carbocycles. The van der Waals surface area contributed by atoms with Crippen molar-refractivity contribution in [2.75, 3.05) is 39.4 Å². The van der Waals surface area contributed by atoms with Gasteiger partial charge in [-0.3, -0.25) is 9.69 Å². The molecule has 1 atom stereocenters. The maximum Gasteiger partial charge on any atom is 0.226 e. The zero-order valence-corrected chi connectivity index (χ0v) is 18.6. The van der Waals surface area contributed by atoms with Crippen LogP contribution in [-0.4, -0.2) is 59.8 Å². The van der Waals surface area contributed by atoms with Crippen molar-refractivity contribution in [1.82, 2.24) is 19.8 Å². The van der Waals surface area contributed by atoms with Crippen LogP contribution in [0.2, 0.25) is 5.02 Å². The first-order chi connectivity index (χ1) is 14.9. The number of amides is 1. The SMILES string of the molecule is O=C(Cc1[nH]c(=S)n2c1CC(c1c(F)ccc(Cl)c1F)C2)NCCCN1CCOCC1. The molecule has 1 aromatic carbocycles. The van der Waals surface area contributed by atoms with Crippen LogP contribution in [0.1, 0.15) is 29.3 Å². The predicted molar refractivity (Wildman–Crippen MR) is 116 cm³/mol. The Balaban J connectivity index is 1.35. The standard InChI is InChI=1S/C21H25ClF2N4O2S/c22-14-2-3-15(23)19(20(14)24)13-10-17-16(26-21(31)28(17)12-13)11-18(29)25-4-1-5-27-6-8-30-9-7-27/h2-3,13H,1,4-12H2,(H,25,29)(H,26,31). The number of aromatic amines is 1. The van der Waals surface area contributed by atoms with Crippen LogP contribution >= 0.6 is 23.8 Å². The van der Waals surface area contributed by atoms with E-state index in [0.29, 0.717) is 30.0 Å². The molecule has 0 saturated carbocycles. The fourth-order valence-corrected chi connectivity index (χ4v) is 4.81. The van der Waals surface area contributed by atoms with Crippen LogP contribution < -0.4 is 5.32 Å². The number of imidazole rings is 1. The number of H-pyrrole nitrogens is 1. The minimum Gasteiger partial charge on any atom is -0.379 e. The van der Waals surface area contributed by atoms with Crippen LogP contribution in [0.4, 0.5) is 8.78 Å². The van der Waals surface area contributed by atoms with Crippen molar-refractivity contribution in [2.24, 2.45) is 0 Å². The van der Waals surface area contributed by atoms with E-state index in [1.54, 1.807) is 0 Å². The van der Waals surface area contributed by atoms with Crippen LogP contribution in [0.3, 0.4) is 0 Å². The fourth-order valence-electron chi connectivity index (χ4n) is 4.33. The second-order valence-electron chi connectivity index (χ2n) is 7.96. The summed E-state index contributed by atoms with van der Waals surface area (Å²) in [6.45, 7) is 5.23. The van der Waals surface area contributed by atoms with Gasteiger partial charge >= 0.3 is 0 Å². The van der Waals surface area contributed by atoms with Gasteiger partial charge in [0.05, 0.1) is 24.7 Å². The van der Waals surface area contributed by atoms with E-state index in [0.717, 1.165) is 45.0 Å². The maximum absolute atomic E-state index is 14.5. The van der Waals surface area contributed by atoms with E-state index in [2.05, 4.69) is 15.2 Å². The Morgan fingerprint density at radius 3 is 2.87 bits per heavy atom. The highest BCUT2D eigenvalue weighted by Gasteiger charge is 2.31. The number of carbonyl (C=O) groups excluding carboxylic acids is 1. The third-order valence-electron chi connectivity index (χ3n) is 5.92. The Morgan fingerprint density at radius 2 is 2.10 bits per heavy atom. The molecule has 1 amide bonds. The van der Waals surface area contributed by atoms with Crippen molar-refractivity contribution in [3.05, 3.63) is 50.5 Å². The summed E-state index contributed by atoms with van der Waals surface area (Å²) in [7, 11) is 0. The van der Waals surface area contributed by atoms with Gasteiger partial charge in [-0.05, 0) is 43.7 Å². The Morgan fingerprint density at radius 1 is 1.32 bits per heavy atom. The molecule has 31 heavy (non-hydrogen) atoms. The summed E-state index contributed by atoms with van der Waals surface area (Å²) >= 11 is 11.2. The van der Waals surface area contributed by atoms with Crippen molar-refractivity contribution in [2.45, 2.75) is 31.7 Å². The average Bonchev–Trinajstić information content (AvgIpc) is 3.30. The molecule has 1 aromatic heterocycles. The molecule has 1 saturated heterocycles. The third-order valence-corrected chi connectivity index (χ3v) is 6.54. The number of halogens is 3. The maximum atomic E-state index is 14.5. The largest absolute Gasteiger partial charge is 0.379 e. The second-order valence-corrected chi connectivity index (χ2v) is 8.75. The van der Waals surface area contributed by atoms with Crippen molar-refractivity contribution in [3.63, 3.8) is 0 Å². The van der Waals surface area contributed by atoms with Gasteiger partial charge in [0.15, 0.2) is 4.77 Å². The quantitative estimate of drug-likeness (QED) is 0.370. The van der Waals surface area contributed by atoms with Gasteiger partial charge in [0.25, 0.3) is 0 Å². The van der Waals surface area contributed by atoms with Gasteiger partial charge < -0.3 is 19.6 Å². The van der Waals surface area contributed by atoms with E-state index < -0.39 is 17.6 Å². The van der Waals surface area contributed by atoms with Crippen LogP contribution in [0, 0.1) is 16.4 Å². The normalized spacial score (nSPS) is 18.9. The van der Waals surface area contributed by atoms with Crippen LogP contribution in [-0.2, 0) is 28.9 Å². The molecule has 10 heteroatoms. The van der Waals surface area contributed by atoms with Gasteiger partial charge in [0, 0.05) is 49.0 Å². The van der Waals surface area contributed by atoms with Gasteiger partial charge in [-0.15, -0.1) is 0 Å². The lowest BCUT2D eigenvalue weighted by atomic mass is 9.95. The number of benzene rings is 1. The van der Waals surface area contributed by atoms with E-state index in [-0.39, 0.29) is 22.9 Å². The Labute approximate surface area is 189 Å². The number of rotatable bonds is 7. The van der Waals surface area contributed by atoms with Crippen molar-refractivity contribution >= 4 is 29.7 Å². The lowest BCUT2D eigenvalue weighted by Gasteiger charge is -2.26. The Bertz CT molecular complexity index is 1020. The minimum atomic E-state index is -0.730. The number of hydrogen-bond donors (Lipinski definition) is 2. The topological polar surface area (TPSA) is 62.3 Å². The molecule has 0 spiro atoms. The van der Waals surface area contributed by atoms with Gasteiger partial charge in [0.2, 0.25) is 5.91 Å². The number of fused-ring (bicyclic) bond motifs is 1. The number of carbonyl (C=O) groups is 1. The molecule has 1 fully saturated rings. The summed E-state index contributed by atoms with van der Waals surface area (Å²) < 4.78 is 36.4. The molecule has 3 heterocycles. The number of morpholine rings is 1. The van der Waals surface area contributed by atoms with Crippen LogP contribution in [0.25, 0.3) is 0 Å². The average molecular weight is 471 g/mol. The lowest BCUT2D eigenvalue weighted by Crippen LogP contribution is -2.38. The highest BCUT2D eigenvalue weighted by molar-refractivity contribution is 7.71. The molecular formula is C21H25ClF2N4O2S. The van der Waals surface area contributed by atoms with Gasteiger partial charge in [-0.25, -0.2) is 8.78 Å². The van der Waals surface area contributed by atoms with Gasteiger partial charge in [-0.1, -0.05) is 11.6 Å². The van der Waals surface area contributed by atoms with Crippen LogP contribution in [0.15, 0.2) is 12.1 Å². The highest BCUT2D eigenvalue weighted by Crippen LogP contribution is 2.36. The molecule has 2 aliphatic heterocycles. The van der Waals surface area contributed by atoms with E-state index in [1.165, 1.54) is 12.1 Å². The number of ether oxygens (including phenoxy) is 1. The molecule has 2 aromatic rings. The minimum absolute atomic E-state index is 0.0240. The highest BCUT2D eigenvalue weighted by atomic mass is 35.5. The molecule has 6 nitrogen and oxygen atoms in total. The number of nitrogens with one attached hydrogen (secondary N) is 2. The fraction of sp³-hybridized carbons (Fsp3) is 0.524. The zero-order chi connectivity index (χ0) is 22.0.